The highest BCUT2D eigenvalue weighted by atomic mass is 16.5. The fourth-order valence-electron chi connectivity index (χ4n) is 2.93. The minimum atomic E-state index is -0.0311. The van der Waals surface area contributed by atoms with Gasteiger partial charge in [0.05, 0.1) is 25.3 Å². The number of hydrogen-bond acceptors (Lipinski definition) is 4. The minimum absolute atomic E-state index is 0.0311. The highest BCUT2D eigenvalue weighted by Crippen LogP contribution is 2.12. The van der Waals surface area contributed by atoms with Crippen molar-refractivity contribution in [1.82, 2.24) is 20.4 Å². The molecule has 1 amide bonds. The van der Waals surface area contributed by atoms with Gasteiger partial charge in [-0.15, -0.1) is 0 Å². The molecule has 1 aromatic heterocycles. The summed E-state index contributed by atoms with van der Waals surface area (Å²) in [6, 6.07) is 10.4. The predicted octanol–water partition coefficient (Wildman–Crippen LogP) is 1.36. The first kappa shape index (κ1) is 16.7. The van der Waals surface area contributed by atoms with Gasteiger partial charge >= 0.3 is 0 Å². The molecule has 1 atom stereocenters. The lowest BCUT2D eigenvalue weighted by molar-refractivity contribution is -0.126. The highest BCUT2D eigenvalue weighted by molar-refractivity contribution is 5.76. The third kappa shape index (κ3) is 5.18. The molecule has 0 bridgehead atoms. The van der Waals surface area contributed by atoms with Gasteiger partial charge < -0.3 is 10.1 Å². The average molecular weight is 328 g/mol. The number of amides is 1. The summed E-state index contributed by atoms with van der Waals surface area (Å²) in [5.41, 5.74) is 2.39. The van der Waals surface area contributed by atoms with E-state index in [1.165, 1.54) is 5.56 Å². The van der Waals surface area contributed by atoms with Gasteiger partial charge in [-0.05, 0) is 17.5 Å². The Bertz CT molecular complexity index is 615. The molecule has 1 aliphatic heterocycles. The average Bonchev–Trinajstić information content (AvgIpc) is 3.09. The van der Waals surface area contributed by atoms with Crippen LogP contribution < -0.4 is 5.32 Å². The van der Waals surface area contributed by atoms with Crippen LogP contribution in [-0.4, -0.2) is 53.3 Å². The number of nitrogens with zero attached hydrogens (tertiary/aromatic N) is 2. The third-order valence-electron chi connectivity index (χ3n) is 4.18. The molecule has 1 fully saturated rings. The van der Waals surface area contributed by atoms with Gasteiger partial charge in [0.15, 0.2) is 0 Å². The summed E-state index contributed by atoms with van der Waals surface area (Å²) in [6.45, 7) is 3.92. The van der Waals surface area contributed by atoms with Crippen LogP contribution in [0, 0.1) is 0 Å². The van der Waals surface area contributed by atoms with Crippen molar-refractivity contribution in [3.8, 4) is 0 Å². The molecular formula is C18H24N4O2. The highest BCUT2D eigenvalue weighted by Gasteiger charge is 2.22. The van der Waals surface area contributed by atoms with Gasteiger partial charge in [0.25, 0.3) is 0 Å². The maximum Gasteiger partial charge on any atom is 0.222 e. The molecule has 1 aromatic carbocycles. The summed E-state index contributed by atoms with van der Waals surface area (Å²) in [4.78, 5) is 14.4. The minimum Gasteiger partial charge on any atom is -0.375 e. The lowest BCUT2D eigenvalue weighted by Gasteiger charge is -2.32. The second kappa shape index (κ2) is 8.61. The van der Waals surface area contributed by atoms with E-state index < -0.39 is 0 Å². The number of H-pyrrole nitrogens is 1. The molecule has 0 unspecified atom stereocenters. The topological polar surface area (TPSA) is 70.2 Å². The van der Waals surface area contributed by atoms with Gasteiger partial charge in [0, 0.05) is 32.4 Å². The van der Waals surface area contributed by atoms with Crippen LogP contribution in [0.1, 0.15) is 17.5 Å². The zero-order valence-corrected chi connectivity index (χ0v) is 13.8. The smallest absolute Gasteiger partial charge is 0.222 e. The first-order valence-corrected chi connectivity index (χ1v) is 8.42. The van der Waals surface area contributed by atoms with Gasteiger partial charge in [0.2, 0.25) is 5.91 Å². The normalized spacial score (nSPS) is 18.4. The van der Waals surface area contributed by atoms with E-state index in [9.17, 15) is 4.79 Å². The molecule has 0 radical (unpaired) electrons. The standard InChI is InChI=1S/C18H24N4O2/c23-18(19-7-6-16-11-20-21-12-16)10-17-14-22(8-9-24-17)13-15-4-2-1-3-5-15/h1-5,11-12,17H,6-10,13-14H2,(H,19,23)(H,20,21)/t17-/m0/s1. The van der Waals surface area contributed by atoms with Crippen LogP contribution >= 0.6 is 0 Å². The van der Waals surface area contributed by atoms with E-state index in [2.05, 4.69) is 44.7 Å². The lowest BCUT2D eigenvalue weighted by atomic mass is 10.1. The Balaban J connectivity index is 1.39. The molecule has 24 heavy (non-hydrogen) atoms. The molecule has 3 rings (SSSR count). The van der Waals surface area contributed by atoms with Crippen molar-refractivity contribution >= 4 is 5.91 Å². The summed E-state index contributed by atoms with van der Waals surface area (Å²) in [5, 5.41) is 9.62. The van der Waals surface area contributed by atoms with E-state index in [-0.39, 0.29) is 12.0 Å². The molecule has 1 saturated heterocycles. The summed E-state index contributed by atoms with van der Waals surface area (Å²) in [6.07, 6.45) is 4.79. The molecule has 1 aliphatic rings. The van der Waals surface area contributed by atoms with Gasteiger partial charge in [-0.3, -0.25) is 14.8 Å². The molecule has 128 valence electrons. The van der Waals surface area contributed by atoms with Crippen molar-refractivity contribution in [1.29, 1.82) is 0 Å². The molecule has 2 heterocycles. The van der Waals surface area contributed by atoms with E-state index in [4.69, 9.17) is 4.74 Å². The monoisotopic (exact) mass is 328 g/mol. The number of carbonyl (C=O) groups excluding carboxylic acids is 1. The number of rotatable bonds is 7. The summed E-state index contributed by atoms with van der Waals surface area (Å²) >= 11 is 0. The van der Waals surface area contributed by atoms with E-state index in [1.54, 1.807) is 6.20 Å². The van der Waals surface area contributed by atoms with Crippen molar-refractivity contribution in [2.75, 3.05) is 26.2 Å². The molecule has 6 nitrogen and oxygen atoms in total. The van der Waals surface area contributed by atoms with Crippen LogP contribution in [0.2, 0.25) is 0 Å². The van der Waals surface area contributed by atoms with Gasteiger partial charge in [0.1, 0.15) is 0 Å². The van der Waals surface area contributed by atoms with E-state index in [1.807, 2.05) is 12.3 Å². The van der Waals surface area contributed by atoms with Crippen LogP contribution in [0.15, 0.2) is 42.7 Å². The number of morpholine rings is 1. The van der Waals surface area contributed by atoms with Crippen LogP contribution in [-0.2, 0) is 22.5 Å². The van der Waals surface area contributed by atoms with E-state index in [0.717, 1.165) is 31.6 Å². The predicted molar refractivity (Wildman–Crippen MR) is 91.4 cm³/mol. The number of benzene rings is 1. The molecule has 2 N–H and O–H groups in total. The number of nitrogens with one attached hydrogen (secondary N) is 2. The largest absolute Gasteiger partial charge is 0.375 e. The Morgan fingerprint density at radius 2 is 2.21 bits per heavy atom. The number of hydrogen-bond donors (Lipinski definition) is 2. The van der Waals surface area contributed by atoms with Crippen molar-refractivity contribution < 1.29 is 9.53 Å². The van der Waals surface area contributed by atoms with Crippen molar-refractivity contribution in [3.05, 3.63) is 53.9 Å². The summed E-state index contributed by atoms with van der Waals surface area (Å²) < 4.78 is 5.75. The zero-order valence-electron chi connectivity index (χ0n) is 13.8. The maximum absolute atomic E-state index is 12.1. The quantitative estimate of drug-likeness (QED) is 0.805. The molecular weight excluding hydrogens is 304 g/mol. The first-order valence-electron chi connectivity index (χ1n) is 8.42. The third-order valence-corrected chi connectivity index (χ3v) is 4.18. The first-order chi connectivity index (χ1) is 11.8. The van der Waals surface area contributed by atoms with Gasteiger partial charge in [-0.25, -0.2) is 0 Å². The Labute approximate surface area is 142 Å². The SMILES string of the molecule is O=C(C[C@H]1CN(Cc2ccccc2)CCO1)NCCc1cn[nH]c1. The van der Waals surface area contributed by atoms with Crippen molar-refractivity contribution in [3.63, 3.8) is 0 Å². The maximum atomic E-state index is 12.1. The van der Waals surface area contributed by atoms with Crippen LogP contribution in [0.25, 0.3) is 0 Å². The summed E-state index contributed by atoms with van der Waals surface area (Å²) in [5.74, 6) is 0.0463. The number of aromatic nitrogens is 2. The second-order valence-corrected chi connectivity index (χ2v) is 6.12. The van der Waals surface area contributed by atoms with Crippen LogP contribution in [0.3, 0.4) is 0 Å². The molecule has 0 spiro atoms. The molecule has 0 aliphatic carbocycles. The van der Waals surface area contributed by atoms with Gasteiger partial charge in [-0.1, -0.05) is 30.3 Å². The number of ether oxygens (including phenoxy) is 1. The van der Waals surface area contributed by atoms with Gasteiger partial charge in [-0.2, -0.15) is 5.10 Å². The Kier molecular flexibility index (Phi) is 5.98. The lowest BCUT2D eigenvalue weighted by Crippen LogP contribution is -2.44. The van der Waals surface area contributed by atoms with E-state index >= 15 is 0 Å². The second-order valence-electron chi connectivity index (χ2n) is 6.12. The number of aromatic amines is 1. The van der Waals surface area contributed by atoms with Crippen molar-refractivity contribution in [2.24, 2.45) is 0 Å². The summed E-state index contributed by atoms with van der Waals surface area (Å²) in [7, 11) is 0. The Hall–Kier alpha value is -2.18. The molecule has 0 saturated carbocycles. The molecule has 6 heteroatoms. The number of carbonyl (C=O) groups is 1. The fourth-order valence-corrected chi connectivity index (χ4v) is 2.93. The Morgan fingerprint density at radius 3 is 3.00 bits per heavy atom. The fraction of sp³-hybridized carbons (Fsp3) is 0.444. The molecule has 2 aromatic rings. The Morgan fingerprint density at radius 1 is 1.33 bits per heavy atom. The van der Waals surface area contributed by atoms with E-state index in [0.29, 0.717) is 19.6 Å². The zero-order chi connectivity index (χ0) is 16.6. The van der Waals surface area contributed by atoms with Crippen LogP contribution in [0.5, 0.6) is 0 Å². The van der Waals surface area contributed by atoms with Crippen molar-refractivity contribution in [2.45, 2.75) is 25.5 Å². The van der Waals surface area contributed by atoms with Crippen LogP contribution in [0.4, 0.5) is 0 Å².